The van der Waals surface area contributed by atoms with Crippen LogP contribution < -0.4 is 4.74 Å². The fourth-order valence-electron chi connectivity index (χ4n) is 2.15. The van der Waals surface area contributed by atoms with Gasteiger partial charge in [0.2, 0.25) is 0 Å². The molecule has 21 heavy (non-hydrogen) atoms. The zero-order valence-corrected chi connectivity index (χ0v) is 12.5. The zero-order chi connectivity index (χ0) is 15.6. The summed E-state index contributed by atoms with van der Waals surface area (Å²) in [4.78, 5) is 37.7. The molecule has 0 aromatic heterocycles. The molecule has 0 N–H and O–H groups in total. The van der Waals surface area contributed by atoms with Gasteiger partial charge in [-0.1, -0.05) is 18.5 Å². The fraction of sp³-hybridized carbons (Fsp3) is 0.357. The summed E-state index contributed by atoms with van der Waals surface area (Å²) in [6.07, 6.45) is 0.596. The molecule has 0 spiro atoms. The van der Waals surface area contributed by atoms with E-state index in [4.69, 9.17) is 16.3 Å². The highest BCUT2D eigenvalue weighted by atomic mass is 35.5. The van der Waals surface area contributed by atoms with Crippen molar-refractivity contribution in [1.82, 2.24) is 9.80 Å². The van der Waals surface area contributed by atoms with Gasteiger partial charge in [-0.25, -0.2) is 4.79 Å². The highest BCUT2D eigenvalue weighted by Gasteiger charge is 2.44. The van der Waals surface area contributed by atoms with Crippen molar-refractivity contribution in [3.63, 3.8) is 0 Å². The summed E-state index contributed by atoms with van der Waals surface area (Å²) < 4.78 is 5.18. The van der Waals surface area contributed by atoms with E-state index in [0.717, 1.165) is 9.80 Å². The van der Waals surface area contributed by atoms with E-state index in [1.807, 2.05) is 6.92 Å². The molecule has 0 bridgehead atoms. The molecule has 1 heterocycles. The predicted octanol–water partition coefficient (Wildman–Crippen LogP) is 2.05. The minimum absolute atomic E-state index is 0.0483. The van der Waals surface area contributed by atoms with E-state index >= 15 is 0 Å². The molecule has 2 rings (SSSR count). The van der Waals surface area contributed by atoms with Gasteiger partial charge >= 0.3 is 17.8 Å². The van der Waals surface area contributed by atoms with Gasteiger partial charge in [-0.15, -0.1) is 0 Å². The van der Waals surface area contributed by atoms with Gasteiger partial charge in [-0.2, -0.15) is 0 Å². The van der Waals surface area contributed by atoms with E-state index in [0.29, 0.717) is 22.8 Å². The third-order valence-electron chi connectivity index (χ3n) is 3.15. The molecule has 1 fully saturated rings. The molecule has 0 saturated carbocycles. The van der Waals surface area contributed by atoms with Crippen LogP contribution in [-0.2, 0) is 16.1 Å². The molecular weight excluding hydrogens is 296 g/mol. The Hall–Kier alpha value is -2.08. The number of benzene rings is 1. The Bertz CT molecular complexity index is 603. The van der Waals surface area contributed by atoms with Crippen molar-refractivity contribution in [3.8, 4) is 5.75 Å². The van der Waals surface area contributed by atoms with Crippen molar-refractivity contribution in [1.29, 1.82) is 0 Å². The molecular formula is C14H15ClN2O4. The third kappa shape index (κ3) is 2.85. The number of urea groups is 1. The predicted molar refractivity (Wildman–Crippen MR) is 76.0 cm³/mol. The average molecular weight is 311 g/mol. The SMILES string of the molecule is CCCN1C(=O)C(=O)N(Cc2cc(Cl)ccc2OC)C1=O. The first-order valence-corrected chi connectivity index (χ1v) is 6.87. The lowest BCUT2D eigenvalue weighted by Crippen LogP contribution is -2.33. The lowest BCUT2D eigenvalue weighted by Gasteiger charge is -2.16. The van der Waals surface area contributed by atoms with Crippen LogP contribution in [0.15, 0.2) is 18.2 Å². The first-order chi connectivity index (χ1) is 9.99. The number of methoxy groups -OCH3 is 1. The molecule has 1 aliphatic heterocycles. The highest BCUT2D eigenvalue weighted by molar-refractivity contribution is 6.44. The Balaban J connectivity index is 2.27. The van der Waals surface area contributed by atoms with E-state index in [9.17, 15) is 14.4 Å². The summed E-state index contributed by atoms with van der Waals surface area (Å²) in [5, 5.41) is 0.460. The second-order valence-corrected chi connectivity index (χ2v) is 5.02. The van der Waals surface area contributed by atoms with Crippen molar-refractivity contribution in [2.45, 2.75) is 19.9 Å². The molecule has 6 nitrogen and oxygen atoms in total. The number of amides is 4. The van der Waals surface area contributed by atoms with Crippen molar-refractivity contribution in [2.24, 2.45) is 0 Å². The molecule has 0 unspecified atom stereocenters. The number of imide groups is 2. The molecule has 4 amide bonds. The Morgan fingerprint density at radius 2 is 1.81 bits per heavy atom. The van der Waals surface area contributed by atoms with Crippen LogP contribution in [0.25, 0.3) is 0 Å². The zero-order valence-electron chi connectivity index (χ0n) is 11.8. The number of carbonyl (C=O) groups is 3. The fourth-order valence-corrected chi connectivity index (χ4v) is 2.35. The van der Waals surface area contributed by atoms with Gasteiger partial charge in [0, 0.05) is 17.1 Å². The van der Waals surface area contributed by atoms with Crippen molar-refractivity contribution < 1.29 is 19.1 Å². The van der Waals surface area contributed by atoms with Crippen LogP contribution in [0.5, 0.6) is 5.75 Å². The molecule has 0 aliphatic carbocycles. The quantitative estimate of drug-likeness (QED) is 0.616. The number of nitrogens with zero attached hydrogens (tertiary/aromatic N) is 2. The molecule has 0 radical (unpaired) electrons. The topological polar surface area (TPSA) is 66.9 Å². The first kappa shape index (κ1) is 15.3. The van der Waals surface area contributed by atoms with E-state index < -0.39 is 17.8 Å². The minimum atomic E-state index is -0.824. The van der Waals surface area contributed by atoms with Crippen LogP contribution in [0.1, 0.15) is 18.9 Å². The van der Waals surface area contributed by atoms with Gasteiger partial charge in [-0.3, -0.25) is 19.4 Å². The maximum Gasteiger partial charge on any atom is 0.334 e. The van der Waals surface area contributed by atoms with Crippen LogP contribution in [0.2, 0.25) is 5.02 Å². The van der Waals surface area contributed by atoms with Crippen molar-refractivity contribution in [2.75, 3.05) is 13.7 Å². The maximum absolute atomic E-state index is 12.1. The number of ether oxygens (including phenoxy) is 1. The second kappa shape index (κ2) is 6.13. The smallest absolute Gasteiger partial charge is 0.334 e. The maximum atomic E-state index is 12.1. The van der Waals surface area contributed by atoms with Crippen LogP contribution in [0.4, 0.5) is 4.79 Å². The first-order valence-electron chi connectivity index (χ1n) is 6.49. The summed E-state index contributed by atoms with van der Waals surface area (Å²) in [5.74, 6) is -1.11. The number of hydrogen-bond donors (Lipinski definition) is 0. The Morgan fingerprint density at radius 3 is 2.43 bits per heavy atom. The Morgan fingerprint density at radius 1 is 1.14 bits per heavy atom. The number of halogens is 1. The largest absolute Gasteiger partial charge is 0.496 e. The molecule has 112 valence electrons. The van der Waals surface area contributed by atoms with E-state index in [-0.39, 0.29) is 13.1 Å². The molecule has 1 saturated heterocycles. The monoisotopic (exact) mass is 310 g/mol. The van der Waals surface area contributed by atoms with Crippen molar-refractivity contribution in [3.05, 3.63) is 28.8 Å². The van der Waals surface area contributed by atoms with Gasteiger partial charge in [0.05, 0.1) is 13.7 Å². The van der Waals surface area contributed by atoms with E-state index in [2.05, 4.69) is 0 Å². The number of hydrogen-bond acceptors (Lipinski definition) is 4. The van der Waals surface area contributed by atoms with Crippen LogP contribution in [0.3, 0.4) is 0 Å². The van der Waals surface area contributed by atoms with E-state index in [1.54, 1.807) is 18.2 Å². The lowest BCUT2D eigenvalue weighted by atomic mass is 10.2. The summed E-state index contributed by atoms with van der Waals surface area (Å²) in [6.45, 7) is 2.01. The minimum Gasteiger partial charge on any atom is -0.496 e. The van der Waals surface area contributed by atoms with Crippen LogP contribution in [0, 0.1) is 0 Å². The van der Waals surface area contributed by atoms with Crippen LogP contribution >= 0.6 is 11.6 Å². The molecule has 1 aromatic rings. The Labute approximate surface area is 127 Å². The van der Waals surface area contributed by atoms with Crippen LogP contribution in [-0.4, -0.2) is 41.3 Å². The normalized spacial score (nSPS) is 15.1. The van der Waals surface area contributed by atoms with Gasteiger partial charge < -0.3 is 4.74 Å². The molecule has 0 atom stereocenters. The van der Waals surface area contributed by atoms with Gasteiger partial charge in [0.1, 0.15) is 5.75 Å². The summed E-state index contributed by atoms with van der Waals surface area (Å²) in [6, 6.07) is 4.29. The molecule has 7 heteroatoms. The standard InChI is InChI=1S/C14H15ClN2O4/c1-3-6-16-12(18)13(19)17(14(16)20)8-9-7-10(15)4-5-11(9)21-2/h4-5,7H,3,6,8H2,1-2H3. The second-order valence-electron chi connectivity index (χ2n) is 4.59. The highest BCUT2D eigenvalue weighted by Crippen LogP contribution is 2.26. The van der Waals surface area contributed by atoms with Crippen molar-refractivity contribution >= 4 is 29.4 Å². The lowest BCUT2D eigenvalue weighted by molar-refractivity contribution is -0.143. The Kier molecular flexibility index (Phi) is 4.47. The van der Waals surface area contributed by atoms with E-state index in [1.165, 1.54) is 7.11 Å². The molecule has 1 aromatic carbocycles. The van der Waals surface area contributed by atoms with Gasteiger partial charge in [-0.05, 0) is 24.6 Å². The summed E-state index contributed by atoms with van der Waals surface area (Å²) in [7, 11) is 1.48. The number of carbonyl (C=O) groups excluding carboxylic acids is 3. The third-order valence-corrected chi connectivity index (χ3v) is 3.39. The summed E-state index contributed by atoms with van der Waals surface area (Å²) >= 11 is 5.92. The average Bonchev–Trinajstić information content (AvgIpc) is 2.66. The van der Waals surface area contributed by atoms with Gasteiger partial charge in [0.25, 0.3) is 0 Å². The molecule has 1 aliphatic rings. The summed E-state index contributed by atoms with van der Waals surface area (Å²) in [5.41, 5.74) is 0.567. The number of rotatable bonds is 5. The van der Waals surface area contributed by atoms with Gasteiger partial charge in [0.15, 0.2) is 0 Å².